The predicted octanol–water partition coefficient (Wildman–Crippen LogP) is 3.89. The highest BCUT2D eigenvalue weighted by atomic mass is 32.1. The van der Waals surface area contributed by atoms with E-state index in [0.717, 1.165) is 23.3 Å². The third-order valence-electron chi connectivity index (χ3n) is 4.32. The molecule has 1 N–H and O–H groups in total. The lowest BCUT2D eigenvalue weighted by atomic mass is 10.0. The minimum atomic E-state index is -0.584. The van der Waals surface area contributed by atoms with Crippen molar-refractivity contribution in [2.45, 2.75) is 24.8 Å². The maximum absolute atomic E-state index is 12.9. The van der Waals surface area contributed by atoms with E-state index in [1.807, 2.05) is 23.6 Å². The van der Waals surface area contributed by atoms with Crippen molar-refractivity contribution < 1.29 is 13.7 Å². The van der Waals surface area contributed by atoms with Gasteiger partial charge in [-0.2, -0.15) is 0 Å². The number of carbonyl (C=O) groups excluding carboxylic acids is 1. The molecule has 1 aromatic carbocycles. The average Bonchev–Trinajstić information content (AvgIpc) is 3.02. The van der Waals surface area contributed by atoms with Gasteiger partial charge in [-0.15, -0.1) is 11.3 Å². The summed E-state index contributed by atoms with van der Waals surface area (Å²) in [4.78, 5) is 13.6. The number of thiophene rings is 1. The van der Waals surface area contributed by atoms with E-state index in [9.17, 15) is 9.18 Å². The molecule has 4 rings (SSSR count). The number of rotatable bonds is 5. The maximum Gasteiger partial charge on any atom is 0.232 e. The number of hydrogen-bond acceptors (Lipinski definition) is 4. The molecule has 0 aliphatic heterocycles. The largest absolute Gasteiger partial charge is 0.355 e. The van der Waals surface area contributed by atoms with E-state index in [1.165, 1.54) is 12.1 Å². The maximum atomic E-state index is 12.9. The van der Waals surface area contributed by atoms with Crippen molar-refractivity contribution in [2.75, 3.05) is 0 Å². The van der Waals surface area contributed by atoms with Crippen LogP contribution in [0.1, 0.15) is 24.1 Å². The molecule has 1 aliphatic rings. The second-order valence-electron chi connectivity index (χ2n) is 5.94. The highest BCUT2D eigenvalue weighted by Gasteiger charge is 2.53. The number of carbonyl (C=O) groups is 1. The zero-order valence-corrected chi connectivity index (χ0v) is 13.6. The highest BCUT2D eigenvalue weighted by Crippen LogP contribution is 2.48. The van der Waals surface area contributed by atoms with Crippen LogP contribution in [0.3, 0.4) is 0 Å². The fourth-order valence-electron chi connectivity index (χ4n) is 2.71. The first kappa shape index (κ1) is 15.1. The molecule has 6 heteroatoms. The van der Waals surface area contributed by atoms with Crippen molar-refractivity contribution >= 4 is 17.2 Å². The predicted molar refractivity (Wildman–Crippen MR) is 89.0 cm³/mol. The van der Waals surface area contributed by atoms with Crippen molar-refractivity contribution in [3.05, 3.63) is 64.9 Å². The molecule has 2 heterocycles. The molecule has 1 amide bonds. The summed E-state index contributed by atoms with van der Waals surface area (Å²) in [6.45, 7) is 0.372. The molecule has 0 atom stereocenters. The number of benzene rings is 1. The van der Waals surface area contributed by atoms with Gasteiger partial charge < -0.3 is 9.84 Å². The quantitative estimate of drug-likeness (QED) is 0.765. The fourth-order valence-corrected chi connectivity index (χ4v) is 3.39. The van der Waals surface area contributed by atoms with E-state index in [-0.39, 0.29) is 11.7 Å². The Morgan fingerprint density at radius 3 is 2.75 bits per heavy atom. The number of nitrogens with zero attached hydrogens (tertiary/aromatic N) is 1. The van der Waals surface area contributed by atoms with Crippen LogP contribution < -0.4 is 5.32 Å². The Hall–Kier alpha value is -2.47. The summed E-state index contributed by atoms with van der Waals surface area (Å²) in [7, 11) is 0. The second kappa shape index (κ2) is 5.87. The Balaban J connectivity index is 1.47. The number of nitrogens with one attached hydrogen (secondary N) is 1. The second-order valence-corrected chi connectivity index (χ2v) is 6.89. The van der Waals surface area contributed by atoms with Crippen molar-refractivity contribution in [2.24, 2.45) is 0 Å². The van der Waals surface area contributed by atoms with Crippen molar-refractivity contribution in [3.63, 3.8) is 0 Å². The normalized spacial score (nSPS) is 15.2. The average molecular weight is 342 g/mol. The van der Waals surface area contributed by atoms with Crippen LogP contribution in [0, 0.1) is 5.82 Å². The third kappa shape index (κ3) is 2.73. The zero-order valence-electron chi connectivity index (χ0n) is 12.8. The molecule has 1 fully saturated rings. The first-order valence-electron chi connectivity index (χ1n) is 7.71. The van der Waals surface area contributed by atoms with Gasteiger partial charge in [0.2, 0.25) is 5.91 Å². The van der Waals surface area contributed by atoms with Crippen molar-refractivity contribution in [3.8, 4) is 10.6 Å². The molecule has 1 saturated carbocycles. The molecule has 0 bridgehead atoms. The number of amides is 1. The van der Waals surface area contributed by atoms with Crippen LogP contribution in [0.5, 0.6) is 0 Å². The van der Waals surface area contributed by atoms with Gasteiger partial charge >= 0.3 is 0 Å². The van der Waals surface area contributed by atoms with Gasteiger partial charge in [-0.1, -0.05) is 23.4 Å². The summed E-state index contributed by atoms with van der Waals surface area (Å²) in [5, 5.41) is 9.01. The van der Waals surface area contributed by atoms with Crippen LogP contribution in [-0.4, -0.2) is 11.1 Å². The monoisotopic (exact) mass is 342 g/mol. The van der Waals surface area contributed by atoms with Crippen LogP contribution in [0.4, 0.5) is 4.39 Å². The van der Waals surface area contributed by atoms with E-state index in [1.54, 1.807) is 23.5 Å². The standard InChI is InChI=1S/C18H15FN2O2S/c19-13-5-3-12(4-6-13)11-20-17(22)18(7-8-18)16-10-14(23-21-16)15-2-1-9-24-15/h1-6,9-10H,7-8,11H2,(H,20,22). The summed E-state index contributed by atoms with van der Waals surface area (Å²) in [5.74, 6) is 0.350. The molecule has 0 radical (unpaired) electrons. The molecule has 24 heavy (non-hydrogen) atoms. The summed E-state index contributed by atoms with van der Waals surface area (Å²) < 4.78 is 18.3. The Kier molecular flexibility index (Phi) is 3.69. The molecule has 3 aromatic rings. The van der Waals surface area contributed by atoms with E-state index in [2.05, 4.69) is 10.5 Å². The van der Waals surface area contributed by atoms with E-state index < -0.39 is 5.41 Å². The molecule has 2 aromatic heterocycles. The third-order valence-corrected chi connectivity index (χ3v) is 5.20. The van der Waals surface area contributed by atoms with Gasteiger partial charge in [0, 0.05) is 12.6 Å². The Morgan fingerprint density at radius 1 is 1.29 bits per heavy atom. The minimum Gasteiger partial charge on any atom is -0.355 e. The van der Waals surface area contributed by atoms with Crippen molar-refractivity contribution in [1.82, 2.24) is 10.5 Å². The number of hydrogen-bond donors (Lipinski definition) is 1. The lowest BCUT2D eigenvalue weighted by Gasteiger charge is -2.12. The summed E-state index contributed by atoms with van der Waals surface area (Å²) >= 11 is 1.57. The van der Waals surface area contributed by atoms with Gasteiger partial charge in [0.25, 0.3) is 0 Å². The zero-order chi connectivity index (χ0) is 16.6. The molecule has 122 valence electrons. The molecule has 0 saturated heterocycles. The lowest BCUT2D eigenvalue weighted by Crippen LogP contribution is -2.34. The van der Waals surface area contributed by atoms with Crippen LogP contribution in [0.25, 0.3) is 10.6 Å². The minimum absolute atomic E-state index is 0.0575. The smallest absolute Gasteiger partial charge is 0.232 e. The van der Waals surface area contributed by atoms with Crippen LogP contribution in [-0.2, 0) is 16.8 Å². The Labute approximate surface area is 142 Å². The summed E-state index contributed by atoms with van der Waals surface area (Å²) in [6, 6.07) is 11.9. The fraction of sp³-hybridized carbons (Fsp3) is 0.222. The van der Waals surface area contributed by atoms with E-state index in [4.69, 9.17) is 4.52 Å². The first-order chi connectivity index (χ1) is 11.7. The van der Waals surface area contributed by atoms with Gasteiger partial charge in [0.15, 0.2) is 5.76 Å². The van der Waals surface area contributed by atoms with Crippen molar-refractivity contribution in [1.29, 1.82) is 0 Å². The van der Waals surface area contributed by atoms with Crippen LogP contribution >= 0.6 is 11.3 Å². The van der Waals surface area contributed by atoms with E-state index >= 15 is 0 Å². The van der Waals surface area contributed by atoms with Gasteiger partial charge in [0.05, 0.1) is 16.0 Å². The molecule has 0 unspecified atom stereocenters. The Bertz CT molecular complexity index is 852. The number of halogens is 1. The summed E-state index contributed by atoms with van der Waals surface area (Å²) in [5.41, 5.74) is 0.960. The van der Waals surface area contributed by atoms with Gasteiger partial charge in [-0.3, -0.25) is 4.79 Å². The topological polar surface area (TPSA) is 55.1 Å². The summed E-state index contributed by atoms with van der Waals surface area (Å²) in [6.07, 6.45) is 1.53. The van der Waals surface area contributed by atoms with Crippen LogP contribution in [0.15, 0.2) is 52.4 Å². The molecule has 1 aliphatic carbocycles. The number of aromatic nitrogens is 1. The lowest BCUT2D eigenvalue weighted by molar-refractivity contribution is -0.123. The molecule has 0 spiro atoms. The van der Waals surface area contributed by atoms with Gasteiger partial charge in [0.1, 0.15) is 5.82 Å². The molecular formula is C18H15FN2O2S. The Morgan fingerprint density at radius 2 is 2.08 bits per heavy atom. The van der Waals surface area contributed by atoms with Crippen LogP contribution in [0.2, 0.25) is 0 Å². The van der Waals surface area contributed by atoms with Gasteiger partial charge in [-0.25, -0.2) is 4.39 Å². The van der Waals surface area contributed by atoms with Gasteiger partial charge in [-0.05, 0) is 42.0 Å². The highest BCUT2D eigenvalue weighted by molar-refractivity contribution is 7.13. The first-order valence-corrected chi connectivity index (χ1v) is 8.59. The molecular weight excluding hydrogens is 327 g/mol. The van der Waals surface area contributed by atoms with E-state index in [0.29, 0.717) is 18.0 Å². The molecule has 4 nitrogen and oxygen atoms in total. The SMILES string of the molecule is O=C(NCc1ccc(F)cc1)C1(c2cc(-c3cccs3)on2)CC1.